The lowest BCUT2D eigenvalue weighted by molar-refractivity contribution is 0.0979. The molecular weight excluding hydrogens is 332 g/mol. The highest BCUT2D eigenvalue weighted by Gasteiger charge is 2.07. The summed E-state index contributed by atoms with van der Waals surface area (Å²) >= 11 is 4.99. The van der Waals surface area contributed by atoms with Crippen molar-refractivity contribution >= 4 is 33.0 Å². The van der Waals surface area contributed by atoms with Gasteiger partial charge in [-0.25, -0.2) is 0 Å². The third kappa shape index (κ3) is 8.21. The molecule has 0 amide bonds. The first-order chi connectivity index (χ1) is 9.74. The summed E-state index contributed by atoms with van der Waals surface area (Å²) in [6, 6.07) is 1.93. The van der Waals surface area contributed by atoms with E-state index in [4.69, 9.17) is 0 Å². The second-order valence-corrected chi connectivity index (χ2v) is 7.79. The second-order valence-electron chi connectivity index (χ2n) is 5.49. The van der Waals surface area contributed by atoms with Crippen LogP contribution in [0.3, 0.4) is 0 Å². The Morgan fingerprint density at radius 1 is 1.00 bits per heavy atom. The first kappa shape index (κ1) is 17.9. The van der Waals surface area contributed by atoms with E-state index in [9.17, 15) is 4.79 Å². The maximum atomic E-state index is 11.9. The highest BCUT2D eigenvalue weighted by atomic mass is 79.9. The van der Waals surface area contributed by atoms with Gasteiger partial charge in [0.25, 0.3) is 0 Å². The van der Waals surface area contributed by atoms with Crippen LogP contribution >= 0.6 is 27.3 Å². The van der Waals surface area contributed by atoms with E-state index in [-0.39, 0.29) is 0 Å². The molecule has 114 valence electrons. The highest BCUT2D eigenvalue weighted by molar-refractivity contribution is 9.11. The normalized spacial score (nSPS) is 10.9. The Labute approximate surface area is 136 Å². The van der Waals surface area contributed by atoms with Crippen LogP contribution in [0, 0.1) is 0 Å². The van der Waals surface area contributed by atoms with E-state index in [1.54, 1.807) is 11.3 Å². The summed E-state index contributed by atoms with van der Waals surface area (Å²) in [5.74, 6) is 0.298. The number of carbonyl (C=O) groups excluding carboxylic acids is 1. The van der Waals surface area contributed by atoms with Crippen LogP contribution in [0.5, 0.6) is 0 Å². The van der Waals surface area contributed by atoms with Crippen molar-refractivity contribution in [2.24, 2.45) is 0 Å². The predicted molar refractivity (Wildman–Crippen MR) is 92.8 cm³/mol. The van der Waals surface area contributed by atoms with E-state index < -0.39 is 0 Å². The summed E-state index contributed by atoms with van der Waals surface area (Å²) in [4.78, 5) is 11.9. The first-order valence-corrected chi connectivity index (χ1v) is 9.68. The molecule has 1 heterocycles. The quantitative estimate of drug-likeness (QED) is 0.290. The fourth-order valence-corrected chi connectivity index (χ4v) is 3.53. The zero-order valence-corrected chi connectivity index (χ0v) is 15.0. The van der Waals surface area contributed by atoms with Gasteiger partial charge in [-0.3, -0.25) is 4.79 Å². The number of ketones is 1. The van der Waals surface area contributed by atoms with Gasteiger partial charge in [-0.15, -0.1) is 11.3 Å². The van der Waals surface area contributed by atoms with Gasteiger partial charge < -0.3 is 0 Å². The minimum Gasteiger partial charge on any atom is -0.294 e. The van der Waals surface area contributed by atoms with Crippen LogP contribution in [0.4, 0.5) is 0 Å². The van der Waals surface area contributed by atoms with E-state index in [0.29, 0.717) is 12.2 Å². The van der Waals surface area contributed by atoms with E-state index in [0.717, 1.165) is 15.8 Å². The molecule has 0 radical (unpaired) electrons. The molecular formula is C17H27BrOS. The van der Waals surface area contributed by atoms with Crippen LogP contribution in [0.15, 0.2) is 15.2 Å². The van der Waals surface area contributed by atoms with Crippen LogP contribution in [0.25, 0.3) is 0 Å². The lowest BCUT2D eigenvalue weighted by Gasteiger charge is -2.02. The van der Waals surface area contributed by atoms with Crippen molar-refractivity contribution in [2.75, 3.05) is 0 Å². The van der Waals surface area contributed by atoms with E-state index >= 15 is 0 Å². The SMILES string of the molecule is CCCCCCCCCCCCC(=O)c1csc(Br)c1. The third-order valence-corrected chi connectivity index (χ3v) is 5.15. The van der Waals surface area contributed by atoms with Crippen LogP contribution < -0.4 is 0 Å². The number of Topliss-reactive ketones (excluding diaryl/α,β-unsaturated/α-hetero) is 1. The Hall–Kier alpha value is -0.150. The van der Waals surface area contributed by atoms with Crippen molar-refractivity contribution in [1.82, 2.24) is 0 Å². The maximum absolute atomic E-state index is 11.9. The number of carbonyl (C=O) groups is 1. The van der Waals surface area contributed by atoms with E-state index in [2.05, 4.69) is 22.9 Å². The molecule has 3 heteroatoms. The molecule has 1 aromatic heterocycles. The van der Waals surface area contributed by atoms with Gasteiger partial charge in [0.1, 0.15) is 0 Å². The number of unbranched alkanes of at least 4 members (excludes halogenated alkanes) is 9. The Bertz CT molecular complexity index is 373. The van der Waals surface area contributed by atoms with Gasteiger partial charge in [0.2, 0.25) is 0 Å². The lowest BCUT2D eigenvalue weighted by Crippen LogP contribution is -1.96. The summed E-state index contributed by atoms with van der Waals surface area (Å²) in [5, 5.41) is 1.95. The minimum atomic E-state index is 0.298. The van der Waals surface area contributed by atoms with Gasteiger partial charge in [0, 0.05) is 17.4 Å². The van der Waals surface area contributed by atoms with Crippen molar-refractivity contribution in [3.05, 3.63) is 20.8 Å². The monoisotopic (exact) mass is 358 g/mol. The Balaban J connectivity index is 1.91. The molecule has 0 aliphatic heterocycles. The van der Waals surface area contributed by atoms with Crippen molar-refractivity contribution in [1.29, 1.82) is 0 Å². The lowest BCUT2D eigenvalue weighted by atomic mass is 10.0. The molecule has 0 aliphatic carbocycles. The van der Waals surface area contributed by atoms with Gasteiger partial charge in [-0.2, -0.15) is 0 Å². The molecule has 0 bridgehead atoms. The predicted octanol–water partition coefficient (Wildman–Crippen LogP) is 7.00. The molecule has 0 aliphatic rings. The molecule has 0 N–H and O–H groups in total. The topological polar surface area (TPSA) is 17.1 Å². The van der Waals surface area contributed by atoms with Crippen molar-refractivity contribution in [2.45, 2.75) is 77.6 Å². The molecule has 20 heavy (non-hydrogen) atoms. The zero-order valence-electron chi connectivity index (χ0n) is 12.6. The molecule has 1 aromatic rings. The van der Waals surface area contributed by atoms with Gasteiger partial charge in [-0.1, -0.05) is 64.7 Å². The average Bonchev–Trinajstić information content (AvgIpc) is 2.87. The molecule has 0 saturated heterocycles. The van der Waals surface area contributed by atoms with Crippen LogP contribution in [-0.4, -0.2) is 5.78 Å². The van der Waals surface area contributed by atoms with Crippen LogP contribution in [-0.2, 0) is 0 Å². The van der Waals surface area contributed by atoms with E-state index in [1.165, 1.54) is 57.8 Å². The highest BCUT2D eigenvalue weighted by Crippen LogP contribution is 2.22. The Morgan fingerprint density at radius 3 is 2.05 bits per heavy atom. The number of hydrogen-bond acceptors (Lipinski definition) is 2. The van der Waals surface area contributed by atoms with E-state index in [1.807, 2.05) is 11.4 Å². The fraction of sp³-hybridized carbons (Fsp3) is 0.706. The Kier molecular flexibility index (Phi) is 10.3. The smallest absolute Gasteiger partial charge is 0.163 e. The number of rotatable bonds is 12. The average molecular weight is 359 g/mol. The number of thiophene rings is 1. The molecule has 1 nitrogen and oxygen atoms in total. The van der Waals surface area contributed by atoms with Gasteiger partial charge in [0.15, 0.2) is 5.78 Å². The van der Waals surface area contributed by atoms with Crippen molar-refractivity contribution in [3.63, 3.8) is 0 Å². The summed E-state index contributed by atoms with van der Waals surface area (Å²) in [6.45, 7) is 2.26. The zero-order chi connectivity index (χ0) is 14.6. The summed E-state index contributed by atoms with van der Waals surface area (Å²) < 4.78 is 1.05. The molecule has 0 aromatic carbocycles. The Morgan fingerprint density at radius 2 is 1.55 bits per heavy atom. The summed E-state index contributed by atoms with van der Waals surface area (Å²) in [5.41, 5.74) is 0.873. The fourth-order valence-electron chi connectivity index (χ4n) is 2.37. The summed E-state index contributed by atoms with van der Waals surface area (Å²) in [6.07, 6.45) is 13.9. The van der Waals surface area contributed by atoms with Crippen molar-refractivity contribution in [3.8, 4) is 0 Å². The summed E-state index contributed by atoms with van der Waals surface area (Å²) in [7, 11) is 0. The number of hydrogen-bond donors (Lipinski definition) is 0. The molecule has 0 atom stereocenters. The molecule has 0 spiro atoms. The molecule has 1 rings (SSSR count). The first-order valence-electron chi connectivity index (χ1n) is 8.01. The molecule has 0 fully saturated rings. The van der Waals surface area contributed by atoms with Gasteiger partial charge in [0.05, 0.1) is 3.79 Å². The van der Waals surface area contributed by atoms with Crippen LogP contribution in [0.1, 0.15) is 87.9 Å². The third-order valence-electron chi connectivity index (χ3n) is 3.65. The second kappa shape index (κ2) is 11.5. The van der Waals surface area contributed by atoms with Gasteiger partial charge >= 0.3 is 0 Å². The van der Waals surface area contributed by atoms with Crippen LogP contribution in [0.2, 0.25) is 0 Å². The minimum absolute atomic E-state index is 0.298. The van der Waals surface area contributed by atoms with Crippen molar-refractivity contribution < 1.29 is 4.79 Å². The molecule has 0 saturated carbocycles. The standard InChI is InChI=1S/C17H27BrOS/c1-2-3-4-5-6-7-8-9-10-11-12-16(19)15-13-17(18)20-14-15/h13-14H,2-12H2,1H3. The largest absolute Gasteiger partial charge is 0.294 e. The maximum Gasteiger partial charge on any atom is 0.163 e. The van der Waals surface area contributed by atoms with Gasteiger partial charge in [-0.05, 0) is 28.4 Å². The molecule has 0 unspecified atom stereocenters. The number of halogens is 1.